The second-order valence-electron chi connectivity index (χ2n) is 13.8. The summed E-state index contributed by atoms with van der Waals surface area (Å²) in [7, 11) is 5.38. The fourth-order valence-corrected chi connectivity index (χ4v) is 5.32. The van der Waals surface area contributed by atoms with Gasteiger partial charge in [-0.25, -0.2) is 14.8 Å². The first-order chi connectivity index (χ1) is 26.8. The van der Waals surface area contributed by atoms with Crippen molar-refractivity contribution in [3.05, 3.63) is 78.9 Å². The van der Waals surface area contributed by atoms with Crippen LogP contribution in [-0.2, 0) is 14.3 Å². The molecule has 1 aromatic carbocycles. The number of carbonyl (C=O) groups excluding carboxylic acids is 1. The summed E-state index contributed by atoms with van der Waals surface area (Å²) in [6.45, 7) is 23.2. The lowest BCUT2D eigenvalue weighted by Gasteiger charge is -2.25. The van der Waals surface area contributed by atoms with Crippen LogP contribution in [0.4, 0.5) is 4.79 Å². The highest BCUT2D eigenvalue weighted by Gasteiger charge is 2.29. The number of hydrogen-bond acceptors (Lipinski definition) is 11. The van der Waals surface area contributed by atoms with Crippen molar-refractivity contribution in [1.82, 2.24) is 25.5 Å². The summed E-state index contributed by atoms with van der Waals surface area (Å²) < 4.78 is 28.3. The number of nitrogens with zero attached hydrogens (tertiary/aromatic N) is 4. The number of amidine groups is 1. The molecule has 1 aliphatic heterocycles. The van der Waals surface area contributed by atoms with Gasteiger partial charge in [0, 0.05) is 31.3 Å². The maximum absolute atomic E-state index is 12.4. The number of nitrogens with one attached hydrogen (secondary N) is 2. The number of halogens is 1. The van der Waals surface area contributed by atoms with Gasteiger partial charge in [-0.05, 0) is 76.8 Å². The van der Waals surface area contributed by atoms with Crippen LogP contribution >= 0.6 is 11.6 Å². The zero-order chi connectivity index (χ0) is 41.5. The molecule has 2 amide bonds. The lowest BCUT2D eigenvalue weighted by atomic mass is 9.86. The molecule has 0 radical (unpaired) electrons. The van der Waals surface area contributed by atoms with E-state index in [1.165, 1.54) is 12.7 Å². The summed E-state index contributed by atoms with van der Waals surface area (Å²) in [6, 6.07) is 3.16. The Hall–Kier alpha value is -4.59. The van der Waals surface area contributed by atoms with Gasteiger partial charge in [-0.1, -0.05) is 64.6 Å². The zero-order valence-corrected chi connectivity index (χ0v) is 35.6. The highest BCUT2D eigenvalue weighted by atomic mass is 35.5. The molecule has 0 bridgehead atoms. The van der Waals surface area contributed by atoms with E-state index in [9.17, 15) is 4.79 Å². The summed E-state index contributed by atoms with van der Waals surface area (Å²) in [5, 5.41) is 9.13. The van der Waals surface area contributed by atoms with E-state index in [4.69, 9.17) is 40.1 Å². The number of alkyl halides is 1. The van der Waals surface area contributed by atoms with Crippen LogP contribution in [0.1, 0.15) is 80.1 Å². The van der Waals surface area contributed by atoms with Crippen molar-refractivity contribution >= 4 is 34.4 Å². The summed E-state index contributed by atoms with van der Waals surface area (Å²) >= 11 is 6.57. The van der Waals surface area contributed by atoms with Crippen LogP contribution in [0.2, 0.25) is 0 Å². The number of methoxy groups -OCH3 is 2. The molecule has 1 aromatic heterocycles. The number of urea groups is 1. The number of benzene rings is 1. The normalized spacial score (nSPS) is 19.6. The van der Waals surface area contributed by atoms with Gasteiger partial charge in [-0.15, -0.1) is 11.6 Å². The van der Waals surface area contributed by atoms with E-state index < -0.39 is 11.4 Å². The Morgan fingerprint density at radius 2 is 1.88 bits per heavy atom. The maximum atomic E-state index is 12.4. The number of fused-ring (bicyclic) bond motifs is 1. The first-order valence-corrected chi connectivity index (χ1v) is 19.5. The topological polar surface area (TPSA) is 138 Å². The van der Waals surface area contributed by atoms with Gasteiger partial charge in [0.1, 0.15) is 23.7 Å². The molecule has 2 N–H and O–H groups in total. The lowest BCUT2D eigenvalue weighted by molar-refractivity contribution is 0.145. The number of hydrogen-bond donors (Lipinski definition) is 2. The Kier molecular flexibility index (Phi) is 21.7. The van der Waals surface area contributed by atoms with Crippen molar-refractivity contribution in [3.8, 4) is 17.4 Å². The second-order valence-corrected chi connectivity index (χ2v) is 14.3. The van der Waals surface area contributed by atoms with Gasteiger partial charge in [-0.2, -0.15) is 0 Å². The maximum Gasteiger partial charge on any atom is 0.324 e. The molecule has 2 heterocycles. The first kappa shape index (κ1) is 47.6. The number of oxime groups is 1. The molecule has 2 atom stereocenters. The molecule has 1 fully saturated rings. The van der Waals surface area contributed by atoms with E-state index >= 15 is 0 Å². The van der Waals surface area contributed by atoms with Crippen molar-refractivity contribution in [2.75, 3.05) is 54.2 Å². The largest absolute Gasteiger partial charge is 0.502 e. The van der Waals surface area contributed by atoms with Crippen LogP contribution in [0.15, 0.2) is 84.1 Å². The van der Waals surface area contributed by atoms with Crippen LogP contribution in [0.3, 0.4) is 0 Å². The SMILES string of the molecule is C=C(C)O/N=C(\C)NC(=O)N/C1=C/C/C=C(/Oc2ncnc3cc(OCCCN(C)CCC4(C)CCOC4)c(OC)cc23)C=CC1Cl.C=C(CC)OC.CCC. The number of rotatable bonds is 16. The minimum absolute atomic E-state index is 0.264. The quantitative estimate of drug-likeness (QED) is 0.0423. The smallest absolute Gasteiger partial charge is 0.324 e. The van der Waals surface area contributed by atoms with E-state index in [1.807, 2.05) is 25.1 Å². The molecule has 0 saturated carbocycles. The van der Waals surface area contributed by atoms with Gasteiger partial charge in [0.25, 0.3) is 0 Å². The van der Waals surface area contributed by atoms with Crippen LogP contribution in [0, 0.1) is 5.41 Å². The predicted molar refractivity (Wildman–Crippen MR) is 225 cm³/mol. The molecule has 2 unspecified atom stereocenters. The Labute approximate surface area is 338 Å². The van der Waals surface area contributed by atoms with E-state index in [0.717, 1.165) is 57.7 Å². The molecule has 310 valence electrons. The minimum Gasteiger partial charge on any atom is -0.502 e. The molecule has 14 heteroatoms. The summed E-state index contributed by atoms with van der Waals surface area (Å²) in [4.78, 5) is 28.5. The number of aromatic nitrogens is 2. The monoisotopic (exact) mass is 798 g/mol. The lowest BCUT2D eigenvalue weighted by Crippen LogP contribution is -2.39. The van der Waals surface area contributed by atoms with E-state index in [2.05, 4.69) is 71.6 Å². The van der Waals surface area contributed by atoms with Gasteiger partial charge in [-0.3, -0.25) is 5.32 Å². The third-order valence-electron chi connectivity index (χ3n) is 8.40. The van der Waals surface area contributed by atoms with Crippen molar-refractivity contribution < 1.29 is 33.3 Å². The summed E-state index contributed by atoms with van der Waals surface area (Å²) in [5.41, 5.74) is 1.46. The van der Waals surface area contributed by atoms with Crippen LogP contribution in [0.25, 0.3) is 10.9 Å². The van der Waals surface area contributed by atoms with Gasteiger partial charge < -0.3 is 38.7 Å². The van der Waals surface area contributed by atoms with Gasteiger partial charge in [0.05, 0.1) is 49.5 Å². The van der Waals surface area contributed by atoms with E-state index in [1.54, 1.807) is 46.3 Å². The number of ether oxygens (including phenoxy) is 5. The molecule has 56 heavy (non-hydrogen) atoms. The Bertz CT molecular complexity index is 1680. The van der Waals surface area contributed by atoms with Gasteiger partial charge in [0.2, 0.25) is 5.88 Å². The average molecular weight is 799 g/mol. The fraction of sp³-hybridized carbons (Fsp3) is 0.524. The molecule has 2 aromatic rings. The Morgan fingerprint density at radius 3 is 2.50 bits per heavy atom. The highest BCUT2D eigenvalue weighted by molar-refractivity contribution is 6.23. The third kappa shape index (κ3) is 17.5. The summed E-state index contributed by atoms with van der Waals surface area (Å²) in [6.07, 6.45) is 14.3. The van der Waals surface area contributed by atoms with Crippen molar-refractivity contribution in [3.63, 3.8) is 0 Å². The van der Waals surface area contributed by atoms with E-state index in [-0.39, 0.29) is 11.3 Å². The Balaban J connectivity index is 0.00000108. The highest BCUT2D eigenvalue weighted by Crippen LogP contribution is 2.36. The van der Waals surface area contributed by atoms with Crippen LogP contribution in [0.5, 0.6) is 17.4 Å². The number of allylic oxidation sites excluding steroid dienone is 6. The van der Waals surface area contributed by atoms with Crippen molar-refractivity contribution in [2.24, 2.45) is 10.6 Å². The number of amides is 2. The molecule has 4 rings (SSSR count). The predicted octanol–water partition coefficient (Wildman–Crippen LogP) is 9.03. The summed E-state index contributed by atoms with van der Waals surface area (Å²) in [5.74, 6) is 3.57. The molecule has 1 saturated heterocycles. The molecule has 2 aliphatic rings. The molecular formula is C42H63ClN6O7. The molecule has 0 spiro atoms. The Morgan fingerprint density at radius 1 is 1.12 bits per heavy atom. The zero-order valence-electron chi connectivity index (χ0n) is 34.8. The van der Waals surface area contributed by atoms with Crippen molar-refractivity contribution in [1.29, 1.82) is 0 Å². The van der Waals surface area contributed by atoms with Crippen LogP contribution < -0.4 is 24.8 Å². The molecule has 1 aliphatic carbocycles. The minimum atomic E-state index is -0.621. The van der Waals surface area contributed by atoms with Crippen LogP contribution in [-0.4, -0.2) is 86.3 Å². The molecule has 13 nitrogen and oxygen atoms in total. The van der Waals surface area contributed by atoms with Crippen molar-refractivity contribution in [2.45, 2.75) is 85.4 Å². The second kappa shape index (κ2) is 25.5. The van der Waals surface area contributed by atoms with E-state index in [0.29, 0.717) is 58.5 Å². The fourth-order valence-electron chi connectivity index (χ4n) is 5.10. The third-order valence-corrected chi connectivity index (χ3v) is 8.78. The molecular weight excluding hydrogens is 736 g/mol. The average Bonchev–Trinajstić information content (AvgIpc) is 3.62. The standard InChI is InChI=1S/C34H45ClN6O6.C5H10O.C3H8/c1-23(2)47-40-24(3)38-33(42)39-28-10-7-9-25(11-12-27(28)35)46-32-26-19-30(43-6)31(20-29(26)36-22-37-32)45-17-8-15-41(5)16-13-34(4)14-18-44-21-34;1-4-5(2)6-3;1-3-2/h9-12,19-20,22,27H,1,7-8,13-18,21H2,2-6H3,(H2,38,39,40,42);2,4H2,1,3H3;3H2,1-2H3/b12-11?,25-9+,28-10+;;. The first-order valence-electron chi connectivity index (χ1n) is 19.1. The van der Waals surface area contributed by atoms with Gasteiger partial charge in [0.15, 0.2) is 11.5 Å². The number of carbonyl (C=O) groups is 1. The van der Waals surface area contributed by atoms with Gasteiger partial charge >= 0.3 is 6.03 Å².